The van der Waals surface area contributed by atoms with Crippen LogP contribution in [0, 0.1) is 0 Å². The number of ether oxygens (including phenoxy) is 1. The standard InChI is InChI=1S/C16H23ClN4O2S/c1-13-20(17)15-12-18(2)24-19(16(15)21(13)22)10-6-7-11-23-14-8-4-3-5-9-14/h3-5,8-9,13,22H,6-7,10-12H2,1-2H3. The predicted octanol–water partition coefficient (Wildman–Crippen LogP) is 3.33. The number of benzene rings is 1. The number of rotatable bonds is 6. The van der Waals surface area contributed by atoms with E-state index >= 15 is 0 Å². The average Bonchev–Trinajstić information content (AvgIpc) is 2.80. The molecule has 8 heteroatoms. The molecule has 0 radical (unpaired) electrons. The molecule has 1 aromatic rings. The van der Waals surface area contributed by atoms with Gasteiger partial charge in [0.15, 0.2) is 5.82 Å². The van der Waals surface area contributed by atoms with Crippen LogP contribution in [-0.2, 0) is 0 Å². The zero-order valence-corrected chi connectivity index (χ0v) is 15.5. The molecule has 0 fully saturated rings. The van der Waals surface area contributed by atoms with E-state index in [1.54, 1.807) is 16.6 Å². The molecule has 0 amide bonds. The Morgan fingerprint density at radius 3 is 2.79 bits per heavy atom. The van der Waals surface area contributed by atoms with E-state index in [1.807, 2.05) is 44.3 Å². The molecule has 0 aromatic heterocycles. The Bertz CT molecular complexity index is 589. The van der Waals surface area contributed by atoms with Crippen molar-refractivity contribution in [1.29, 1.82) is 0 Å². The smallest absolute Gasteiger partial charge is 0.164 e. The number of unbranched alkanes of at least 4 members (excludes halogenated alkanes) is 1. The quantitative estimate of drug-likeness (QED) is 0.468. The molecule has 0 spiro atoms. The number of hydroxylamine groups is 2. The van der Waals surface area contributed by atoms with Crippen LogP contribution in [0.15, 0.2) is 41.8 Å². The highest BCUT2D eigenvalue weighted by atomic mass is 35.5. The highest BCUT2D eigenvalue weighted by Crippen LogP contribution is 2.39. The van der Waals surface area contributed by atoms with Gasteiger partial charge in [-0.2, -0.15) is 0 Å². The number of hydrogen-bond acceptors (Lipinski definition) is 7. The predicted molar refractivity (Wildman–Crippen MR) is 95.9 cm³/mol. The number of hydrogen-bond donors (Lipinski definition) is 1. The van der Waals surface area contributed by atoms with E-state index in [1.165, 1.54) is 5.06 Å². The van der Waals surface area contributed by atoms with E-state index in [9.17, 15) is 5.21 Å². The first-order chi connectivity index (χ1) is 11.6. The lowest BCUT2D eigenvalue weighted by Crippen LogP contribution is -2.36. The van der Waals surface area contributed by atoms with Crippen LogP contribution in [0.2, 0.25) is 0 Å². The van der Waals surface area contributed by atoms with Crippen LogP contribution in [0.4, 0.5) is 0 Å². The molecular formula is C16H23ClN4O2S. The summed E-state index contributed by atoms with van der Waals surface area (Å²) in [5, 5.41) is 11.6. The largest absolute Gasteiger partial charge is 0.494 e. The van der Waals surface area contributed by atoms with Crippen LogP contribution in [0.25, 0.3) is 0 Å². The molecule has 3 rings (SSSR count). The summed E-state index contributed by atoms with van der Waals surface area (Å²) >= 11 is 7.91. The first kappa shape index (κ1) is 17.5. The van der Waals surface area contributed by atoms with Crippen molar-refractivity contribution in [2.45, 2.75) is 25.9 Å². The van der Waals surface area contributed by atoms with Gasteiger partial charge in [-0.1, -0.05) is 18.2 Å². The van der Waals surface area contributed by atoms with Crippen molar-refractivity contribution in [3.63, 3.8) is 0 Å². The Kier molecular flexibility index (Phi) is 5.65. The van der Waals surface area contributed by atoms with Crippen molar-refractivity contribution >= 4 is 23.9 Å². The van der Waals surface area contributed by atoms with Gasteiger partial charge in [0, 0.05) is 30.5 Å². The third-order valence-corrected chi connectivity index (χ3v) is 5.48. The number of halogens is 1. The Hall–Kier alpha value is -1.28. The lowest BCUT2D eigenvalue weighted by molar-refractivity contribution is -0.107. The molecular weight excluding hydrogens is 348 g/mol. The normalized spacial score (nSPS) is 21.5. The summed E-state index contributed by atoms with van der Waals surface area (Å²) in [7, 11) is 2.02. The maximum atomic E-state index is 10.3. The van der Waals surface area contributed by atoms with Gasteiger partial charge in [0.05, 0.1) is 18.8 Å². The average molecular weight is 371 g/mol. The van der Waals surface area contributed by atoms with Gasteiger partial charge >= 0.3 is 0 Å². The van der Waals surface area contributed by atoms with Crippen molar-refractivity contribution < 1.29 is 9.94 Å². The lowest BCUT2D eigenvalue weighted by atomic mass is 10.3. The fourth-order valence-electron chi connectivity index (χ4n) is 2.78. The molecule has 24 heavy (non-hydrogen) atoms. The number of para-hydroxylation sites is 1. The minimum atomic E-state index is -0.257. The molecule has 0 bridgehead atoms. The second kappa shape index (κ2) is 7.74. The van der Waals surface area contributed by atoms with Gasteiger partial charge in [-0.25, -0.2) is 9.37 Å². The molecule has 1 N–H and O–H groups in total. The van der Waals surface area contributed by atoms with E-state index in [2.05, 4.69) is 8.61 Å². The molecule has 1 unspecified atom stereocenters. The van der Waals surface area contributed by atoms with Gasteiger partial charge < -0.3 is 4.74 Å². The fraction of sp³-hybridized carbons (Fsp3) is 0.500. The molecule has 1 atom stereocenters. The maximum Gasteiger partial charge on any atom is 0.164 e. The maximum absolute atomic E-state index is 10.3. The van der Waals surface area contributed by atoms with E-state index in [4.69, 9.17) is 16.5 Å². The SMILES string of the molecule is CC1N(O)C2=C(CN(C)SN2CCCCOc2ccccc2)N1Cl. The summed E-state index contributed by atoms with van der Waals surface area (Å²) in [6, 6.07) is 9.85. The Morgan fingerprint density at radius 1 is 1.29 bits per heavy atom. The summed E-state index contributed by atoms with van der Waals surface area (Å²) < 4.78 is 11.5. The van der Waals surface area contributed by atoms with Crippen molar-refractivity contribution in [3.8, 4) is 5.75 Å². The van der Waals surface area contributed by atoms with Gasteiger partial charge in [0.1, 0.15) is 11.9 Å². The zero-order valence-electron chi connectivity index (χ0n) is 13.9. The summed E-state index contributed by atoms with van der Waals surface area (Å²) in [5.41, 5.74) is 0.938. The molecule has 2 aliphatic rings. The molecule has 2 heterocycles. The monoisotopic (exact) mass is 370 g/mol. The third-order valence-electron chi connectivity index (χ3n) is 4.03. The van der Waals surface area contributed by atoms with Gasteiger partial charge in [0.2, 0.25) is 0 Å². The Labute approximate surface area is 152 Å². The van der Waals surface area contributed by atoms with E-state index in [0.717, 1.165) is 36.7 Å². The second-order valence-corrected chi connectivity index (χ2v) is 7.49. The summed E-state index contributed by atoms with van der Waals surface area (Å²) in [6.45, 7) is 4.09. The third kappa shape index (κ3) is 3.69. The highest BCUT2D eigenvalue weighted by Gasteiger charge is 2.41. The van der Waals surface area contributed by atoms with Crippen molar-refractivity contribution in [2.24, 2.45) is 0 Å². The molecule has 0 saturated heterocycles. The summed E-state index contributed by atoms with van der Waals surface area (Å²) in [4.78, 5) is 0. The van der Waals surface area contributed by atoms with Gasteiger partial charge in [-0.3, -0.25) is 13.9 Å². The highest BCUT2D eigenvalue weighted by molar-refractivity contribution is 7.94. The summed E-state index contributed by atoms with van der Waals surface area (Å²) in [5.74, 6) is 1.70. The van der Waals surface area contributed by atoms with E-state index < -0.39 is 0 Å². The van der Waals surface area contributed by atoms with Gasteiger partial charge in [-0.15, -0.1) is 0 Å². The van der Waals surface area contributed by atoms with Gasteiger partial charge in [-0.05, 0) is 38.9 Å². The van der Waals surface area contributed by atoms with Crippen LogP contribution in [-0.4, -0.2) is 56.2 Å². The zero-order chi connectivity index (χ0) is 17.1. The Balaban J connectivity index is 1.51. The van der Waals surface area contributed by atoms with Crippen LogP contribution in [0.1, 0.15) is 19.8 Å². The topological polar surface area (TPSA) is 42.4 Å². The lowest BCUT2D eigenvalue weighted by Gasteiger charge is -2.35. The number of likely N-dealkylation sites (N-methyl/N-ethyl adjacent to an activating group) is 1. The second-order valence-electron chi connectivity index (χ2n) is 5.90. The first-order valence-electron chi connectivity index (χ1n) is 8.09. The molecule has 2 aliphatic heterocycles. The van der Waals surface area contributed by atoms with Crippen molar-refractivity contribution in [2.75, 3.05) is 26.7 Å². The van der Waals surface area contributed by atoms with Crippen molar-refractivity contribution in [3.05, 3.63) is 41.8 Å². The molecule has 0 saturated carbocycles. The van der Waals surface area contributed by atoms with Crippen LogP contribution in [0.5, 0.6) is 5.75 Å². The number of nitrogens with zero attached hydrogens (tertiary/aromatic N) is 4. The summed E-state index contributed by atoms with van der Waals surface area (Å²) in [6.07, 6.45) is 1.66. The van der Waals surface area contributed by atoms with E-state index in [0.29, 0.717) is 13.2 Å². The molecule has 1 aromatic carbocycles. The first-order valence-corrected chi connectivity index (χ1v) is 9.15. The van der Waals surface area contributed by atoms with E-state index in [-0.39, 0.29) is 6.17 Å². The molecule has 132 valence electrons. The van der Waals surface area contributed by atoms with Crippen molar-refractivity contribution in [1.82, 2.24) is 18.1 Å². The minimum absolute atomic E-state index is 0.257. The van der Waals surface area contributed by atoms with Crippen LogP contribution in [0.3, 0.4) is 0 Å². The van der Waals surface area contributed by atoms with Crippen LogP contribution >= 0.6 is 23.9 Å². The molecule has 0 aliphatic carbocycles. The van der Waals surface area contributed by atoms with Crippen LogP contribution < -0.4 is 4.74 Å². The fourth-order valence-corrected chi connectivity index (χ4v) is 3.99. The Morgan fingerprint density at radius 2 is 2.04 bits per heavy atom. The minimum Gasteiger partial charge on any atom is -0.494 e. The molecule has 6 nitrogen and oxygen atoms in total. The van der Waals surface area contributed by atoms with Gasteiger partial charge in [0.25, 0.3) is 0 Å².